The summed E-state index contributed by atoms with van der Waals surface area (Å²) < 4.78 is 0. The van der Waals surface area contributed by atoms with Gasteiger partial charge in [-0.15, -0.1) is 0 Å². The van der Waals surface area contributed by atoms with Crippen LogP contribution in [0.25, 0.3) is 0 Å². The monoisotopic (exact) mass is 400 g/mol. The second kappa shape index (κ2) is 9.40. The van der Waals surface area contributed by atoms with Crippen LogP contribution in [0.15, 0.2) is 84.9 Å². The highest BCUT2D eigenvalue weighted by atomic mass is 16.2. The Labute approximate surface area is 178 Å². The van der Waals surface area contributed by atoms with Crippen LogP contribution in [0.5, 0.6) is 0 Å². The van der Waals surface area contributed by atoms with Gasteiger partial charge in [0.1, 0.15) is 0 Å². The molecule has 3 aromatic rings. The fourth-order valence-corrected chi connectivity index (χ4v) is 3.32. The molecule has 0 aromatic heterocycles. The highest BCUT2D eigenvalue weighted by Gasteiger charge is 2.19. The lowest BCUT2D eigenvalue weighted by Gasteiger charge is -2.19. The van der Waals surface area contributed by atoms with Crippen LogP contribution in [0.1, 0.15) is 43.4 Å². The number of hydrogen-bond acceptors (Lipinski definition) is 2. The van der Waals surface area contributed by atoms with Crippen molar-refractivity contribution in [3.05, 3.63) is 102 Å². The first-order valence-corrected chi connectivity index (χ1v) is 10.1. The number of nitrogens with one attached hydrogen (secondary N) is 2. The molecular weight excluding hydrogens is 372 g/mol. The molecule has 2 amide bonds. The number of amides is 2. The van der Waals surface area contributed by atoms with E-state index in [0.29, 0.717) is 12.2 Å². The summed E-state index contributed by atoms with van der Waals surface area (Å²) in [6, 6.07) is 27.5. The van der Waals surface area contributed by atoms with Crippen molar-refractivity contribution >= 4 is 17.5 Å². The van der Waals surface area contributed by atoms with Crippen molar-refractivity contribution in [2.75, 3.05) is 11.9 Å². The second-order valence-electron chi connectivity index (χ2n) is 8.37. The molecule has 2 N–H and O–H groups in total. The Kier molecular flexibility index (Phi) is 6.68. The van der Waals surface area contributed by atoms with E-state index < -0.39 is 11.8 Å². The molecule has 0 aliphatic rings. The third-order valence-electron chi connectivity index (χ3n) is 5.09. The van der Waals surface area contributed by atoms with E-state index in [4.69, 9.17) is 0 Å². The minimum Gasteiger partial charge on any atom is -0.347 e. The first-order valence-electron chi connectivity index (χ1n) is 10.1. The topological polar surface area (TPSA) is 58.2 Å². The van der Waals surface area contributed by atoms with Crippen LogP contribution < -0.4 is 10.6 Å². The van der Waals surface area contributed by atoms with Gasteiger partial charge in [0, 0.05) is 18.2 Å². The molecule has 0 atom stereocenters. The van der Waals surface area contributed by atoms with Gasteiger partial charge in [-0.05, 0) is 34.2 Å². The van der Waals surface area contributed by atoms with Crippen molar-refractivity contribution in [3.8, 4) is 0 Å². The zero-order valence-corrected chi connectivity index (χ0v) is 17.7. The van der Waals surface area contributed by atoms with Crippen LogP contribution >= 0.6 is 0 Å². The van der Waals surface area contributed by atoms with Gasteiger partial charge in [0.05, 0.1) is 0 Å². The summed E-state index contributed by atoms with van der Waals surface area (Å²) in [5.41, 5.74) is 3.97. The van der Waals surface area contributed by atoms with Crippen LogP contribution in [0.2, 0.25) is 0 Å². The van der Waals surface area contributed by atoms with Crippen LogP contribution in [0, 0.1) is 0 Å². The van der Waals surface area contributed by atoms with Crippen molar-refractivity contribution in [2.24, 2.45) is 0 Å². The molecule has 0 fully saturated rings. The van der Waals surface area contributed by atoms with E-state index in [0.717, 1.165) is 11.1 Å². The molecule has 0 spiro atoms. The van der Waals surface area contributed by atoms with E-state index in [9.17, 15) is 9.59 Å². The SMILES string of the molecule is CC(C)(C)c1ccc(NC(=O)C(=O)NCC(c2ccccc2)c2ccccc2)cc1. The fourth-order valence-electron chi connectivity index (χ4n) is 3.32. The lowest BCUT2D eigenvalue weighted by atomic mass is 9.87. The molecular formula is C26H28N2O2. The van der Waals surface area contributed by atoms with E-state index in [2.05, 4.69) is 31.4 Å². The Balaban J connectivity index is 1.64. The van der Waals surface area contributed by atoms with Gasteiger partial charge in [0.2, 0.25) is 0 Å². The van der Waals surface area contributed by atoms with Crippen LogP contribution in [-0.4, -0.2) is 18.4 Å². The molecule has 3 aromatic carbocycles. The number of benzene rings is 3. The number of rotatable bonds is 5. The maximum absolute atomic E-state index is 12.4. The third kappa shape index (κ3) is 5.57. The van der Waals surface area contributed by atoms with E-state index in [-0.39, 0.29) is 11.3 Å². The number of carbonyl (C=O) groups excluding carboxylic acids is 2. The standard InChI is InChI=1S/C26H28N2O2/c1-26(2,3)21-14-16-22(17-15-21)28-25(30)24(29)27-18-23(19-10-6-4-7-11-19)20-12-8-5-9-13-20/h4-17,23H,18H2,1-3H3,(H,27,29)(H,28,30). The van der Waals surface area contributed by atoms with Gasteiger partial charge in [-0.3, -0.25) is 9.59 Å². The zero-order valence-electron chi connectivity index (χ0n) is 17.7. The Morgan fingerprint density at radius 3 is 1.70 bits per heavy atom. The van der Waals surface area contributed by atoms with Crippen molar-refractivity contribution in [2.45, 2.75) is 32.1 Å². The summed E-state index contributed by atoms with van der Waals surface area (Å²) in [5.74, 6) is -1.35. The van der Waals surface area contributed by atoms with E-state index in [1.54, 1.807) is 0 Å². The molecule has 0 aliphatic carbocycles. The molecule has 0 unspecified atom stereocenters. The Morgan fingerprint density at radius 1 is 0.733 bits per heavy atom. The summed E-state index contributed by atoms with van der Waals surface area (Å²) >= 11 is 0. The minimum atomic E-state index is -0.668. The van der Waals surface area contributed by atoms with Gasteiger partial charge in [-0.1, -0.05) is 93.6 Å². The first-order chi connectivity index (χ1) is 14.3. The average Bonchev–Trinajstić information content (AvgIpc) is 2.75. The fraction of sp³-hybridized carbons (Fsp3) is 0.231. The Hall–Kier alpha value is -3.40. The molecule has 154 valence electrons. The van der Waals surface area contributed by atoms with Crippen molar-refractivity contribution in [1.82, 2.24) is 5.32 Å². The first kappa shape index (κ1) is 21.3. The Bertz CT molecular complexity index is 936. The second-order valence-corrected chi connectivity index (χ2v) is 8.37. The van der Waals surface area contributed by atoms with Crippen LogP contribution in [0.4, 0.5) is 5.69 Å². The zero-order chi connectivity index (χ0) is 21.6. The smallest absolute Gasteiger partial charge is 0.313 e. The van der Waals surface area contributed by atoms with Crippen molar-refractivity contribution in [3.63, 3.8) is 0 Å². The molecule has 0 heterocycles. The van der Waals surface area contributed by atoms with Gasteiger partial charge in [0.15, 0.2) is 0 Å². The molecule has 4 heteroatoms. The van der Waals surface area contributed by atoms with Gasteiger partial charge in [0.25, 0.3) is 0 Å². The van der Waals surface area contributed by atoms with Crippen LogP contribution in [0.3, 0.4) is 0 Å². The molecule has 0 aliphatic heterocycles. The van der Waals surface area contributed by atoms with Gasteiger partial charge in [-0.2, -0.15) is 0 Å². The summed E-state index contributed by atoms with van der Waals surface area (Å²) in [5, 5.41) is 5.46. The van der Waals surface area contributed by atoms with E-state index >= 15 is 0 Å². The molecule has 0 saturated carbocycles. The van der Waals surface area contributed by atoms with Gasteiger partial charge in [-0.25, -0.2) is 0 Å². The van der Waals surface area contributed by atoms with E-state index in [1.807, 2.05) is 84.9 Å². The summed E-state index contributed by atoms with van der Waals surface area (Å²) in [6.07, 6.45) is 0. The predicted octanol–water partition coefficient (Wildman–Crippen LogP) is 4.87. The maximum Gasteiger partial charge on any atom is 0.313 e. The highest BCUT2D eigenvalue weighted by molar-refractivity contribution is 6.39. The number of carbonyl (C=O) groups is 2. The minimum absolute atomic E-state index is 0.0316. The van der Waals surface area contributed by atoms with Crippen LogP contribution in [-0.2, 0) is 15.0 Å². The third-order valence-corrected chi connectivity index (χ3v) is 5.09. The maximum atomic E-state index is 12.4. The summed E-state index contributed by atoms with van der Waals surface area (Å²) in [6.45, 7) is 6.72. The lowest BCUT2D eigenvalue weighted by molar-refractivity contribution is -0.136. The molecule has 0 radical (unpaired) electrons. The normalized spacial score (nSPS) is 11.2. The average molecular weight is 401 g/mol. The predicted molar refractivity (Wildman–Crippen MR) is 122 cm³/mol. The summed E-state index contributed by atoms with van der Waals surface area (Å²) in [4.78, 5) is 24.8. The molecule has 0 bridgehead atoms. The van der Waals surface area contributed by atoms with Gasteiger partial charge >= 0.3 is 11.8 Å². The lowest BCUT2D eigenvalue weighted by Crippen LogP contribution is -2.37. The molecule has 3 rings (SSSR count). The van der Waals surface area contributed by atoms with Crippen molar-refractivity contribution < 1.29 is 9.59 Å². The highest BCUT2D eigenvalue weighted by Crippen LogP contribution is 2.24. The van der Waals surface area contributed by atoms with Gasteiger partial charge < -0.3 is 10.6 Å². The molecule has 4 nitrogen and oxygen atoms in total. The quantitative estimate of drug-likeness (QED) is 0.600. The summed E-state index contributed by atoms with van der Waals surface area (Å²) in [7, 11) is 0. The number of anilines is 1. The molecule has 0 saturated heterocycles. The Morgan fingerprint density at radius 2 is 1.23 bits per heavy atom. The molecule has 30 heavy (non-hydrogen) atoms. The largest absolute Gasteiger partial charge is 0.347 e. The van der Waals surface area contributed by atoms with E-state index in [1.165, 1.54) is 5.56 Å². The van der Waals surface area contributed by atoms with Crippen molar-refractivity contribution in [1.29, 1.82) is 0 Å². The number of hydrogen-bond donors (Lipinski definition) is 2.